The minimum absolute atomic E-state index is 0.0360. The Morgan fingerprint density at radius 3 is 2.91 bits per heavy atom. The number of carbonyl (C=O) groups is 2. The Labute approximate surface area is 133 Å². The Bertz CT molecular complexity index is 754. The Hall–Kier alpha value is -2.83. The van der Waals surface area contributed by atoms with Crippen molar-refractivity contribution in [3.05, 3.63) is 35.6 Å². The molecule has 120 valence electrons. The first-order valence-electron chi connectivity index (χ1n) is 7.45. The van der Waals surface area contributed by atoms with E-state index < -0.39 is 6.04 Å². The molecule has 0 spiro atoms. The first-order chi connectivity index (χ1) is 11.0. The number of nitrogens with one attached hydrogen (secondary N) is 3. The van der Waals surface area contributed by atoms with Crippen LogP contribution in [-0.4, -0.2) is 23.0 Å². The number of fused-ring (bicyclic) bond motifs is 1. The number of nitrogens with zero attached hydrogens (tertiary/aromatic N) is 1. The van der Waals surface area contributed by atoms with Gasteiger partial charge in [0.2, 0.25) is 11.8 Å². The number of hydrogen-bond acceptors (Lipinski definition) is 5. The number of anilines is 3. The minimum Gasteiger partial charge on any atom is -0.374 e. The fraction of sp³-hybridized carbons (Fsp3) is 0.312. The molecule has 2 amide bonds. The molecule has 0 bridgehead atoms. The maximum Gasteiger partial charge on any atom is 0.247 e. The van der Waals surface area contributed by atoms with E-state index in [4.69, 9.17) is 4.52 Å². The zero-order valence-corrected chi connectivity index (χ0v) is 13.0. The molecular formula is C16H18N4O3. The van der Waals surface area contributed by atoms with Gasteiger partial charge in [-0.2, -0.15) is 0 Å². The van der Waals surface area contributed by atoms with Gasteiger partial charge < -0.3 is 20.5 Å². The second-order valence-corrected chi connectivity index (χ2v) is 5.60. The number of aryl methyl sites for hydroxylation is 2. The van der Waals surface area contributed by atoms with Crippen LogP contribution in [0.25, 0.3) is 0 Å². The van der Waals surface area contributed by atoms with Gasteiger partial charge in [0.05, 0.1) is 0 Å². The molecule has 1 aromatic heterocycles. The van der Waals surface area contributed by atoms with Crippen molar-refractivity contribution in [1.29, 1.82) is 0 Å². The van der Waals surface area contributed by atoms with Crippen molar-refractivity contribution in [1.82, 2.24) is 5.16 Å². The molecule has 0 radical (unpaired) electrons. The summed E-state index contributed by atoms with van der Waals surface area (Å²) < 4.78 is 4.91. The summed E-state index contributed by atoms with van der Waals surface area (Å²) in [5, 5.41) is 12.4. The first kappa shape index (κ1) is 15.1. The monoisotopic (exact) mass is 314 g/mol. The molecular weight excluding hydrogens is 296 g/mol. The van der Waals surface area contributed by atoms with Gasteiger partial charge in [0.25, 0.3) is 0 Å². The second kappa shape index (κ2) is 6.12. The fourth-order valence-corrected chi connectivity index (χ4v) is 2.45. The van der Waals surface area contributed by atoms with Crippen molar-refractivity contribution in [3.63, 3.8) is 0 Å². The molecule has 1 aliphatic heterocycles. The van der Waals surface area contributed by atoms with Gasteiger partial charge in [0.15, 0.2) is 5.82 Å². The van der Waals surface area contributed by atoms with E-state index in [1.807, 2.05) is 18.2 Å². The summed E-state index contributed by atoms with van der Waals surface area (Å²) >= 11 is 0. The molecule has 7 nitrogen and oxygen atoms in total. The quantitative estimate of drug-likeness (QED) is 0.804. The average Bonchev–Trinajstić information content (AvgIpc) is 2.92. The highest BCUT2D eigenvalue weighted by atomic mass is 16.5. The molecule has 0 saturated carbocycles. The molecule has 0 aliphatic carbocycles. The van der Waals surface area contributed by atoms with Gasteiger partial charge in [-0.15, -0.1) is 0 Å². The van der Waals surface area contributed by atoms with Gasteiger partial charge >= 0.3 is 0 Å². The maximum atomic E-state index is 12.1. The zero-order chi connectivity index (χ0) is 16.4. The Morgan fingerprint density at radius 2 is 2.17 bits per heavy atom. The molecule has 1 atom stereocenters. The number of amides is 2. The summed E-state index contributed by atoms with van der Waals surface area (Å²) in [4.78, 5) is 23.5. The SMILES string of the molecule is Cc1cc(NC(=O)[C@@H](C)Nc2ccc3c(c2)CCC(=O)N3)no1. The van der Waals surface area contributed by atoms with Gasteiger partial charge in [-0.25, -0.2) is 0 Å². The topological polar surface area (TPSA) is 96.3 Å². The van der Waals surface area contributed by atoms with Crippen molar-refractivity contribution in [2.24, 2.45) is 0 Å². The molecule has 3 N–H and O–H groups in total. The van der Waals surface area contributed by atoms with Gasteiger partial charge in [-0.1, -0.05) is 5.16 Å². The lowest BCUT2D eigenvalue weighted by Gasteiger charge is -2.19. The molecule has 2 heterocycles. The van der Waals surface area contributed by atoms with Crippen LogP contribution in [0.2, 0.25) is 0 Å². The van der Waals surface area contributed by atoms with E-state index in [0.29, 0.717) is 24.4 Å². The summed E-state index contributed by atoms with van der Waals surface area (Å²) in [5.41, 5.74) is 2.73. The number of aromatic nitrogens is 1. The standard InChI is InChI=1S/C16H18N4O3/c1-9-7-14(20-23-9)19-16(22)10(2)17-12-4-5-13-11(8-12)3-6-15(21)18-13/h4-5,7-8,10,17H,3,6H2,1-2H3,(H,18,21)(H,19,20,22)/t10-/m1/s1. The van der Waals surface area contributed by atoms with Crippen LogP contribution in [-0.2, 0) is 16.0 Å². The number of benzene rings is 1. The predicted octanol–water partition coefficient (Wildman–Crippen LogP) is 2.31. The summed E-state index contributed by atoms with van der Waals surface area (Å²) in [6, 6.07) is 6.86. The molecule has 7 heteroatoms. The van der Waals surface area contributed by atoms with E-state index in [1.54, 1.807) is 19.9 Å². The van der Waals surface area contributed by atoms with E-state index in [9.17, 15) is 9.59 Å². The molecule has 2 aromatic rings. The van der Waals surface area contributed by atoms with Crippen LogP contribution in [0.5, 0.6) is 0 Å². The Balaban J connectivity index is 1.64. The van der Waals surface area contributed by atoms with Gasteiger partial charge in [0.1, 0.15) is 11.8 Å². The third-order valence-electron chi connectivity index (χ3n) is 3.66. The highest BCUT2D eigenvalue weighted by Crippen LogP contribution is 2.26. The van der Waals surface area contributed by atoms with Crippen LogP contribution >= 0.6 is 0 Å². The fourth-order valence-electron chi connectivity index (χ4n) is 2.45. The number of hydrogen-bond donors (Lipinski definition) is 3. The first-order valence-corrected chi connectivity index (χ1v) is 7.45. The van der Waals surface area contributed by atoms with Crippen molar-refractivity contribution in [2.75, 3.05) is 16.0 Å². The summed E-state index contributed by atoms with van der Waals surface area (Å²) in [6.45, 7) is 3.53. The van der Waals surface area contributed by atoms with Gasteiger partial charge in [-0.3, -0.25) is 9.59 Å². The lowest BCUT2D eigenvalue weighted by molar-refractivity contribution is -0.117. The lowest BCUT2D eigenvalue weighted by Crippen LogP contribution is -2.32. The molecule has 0 unspecified atom stereocenters. The smallest absolute Gasteiger partial charge is 0.247 e. The molecule has 3 rings (SSSR count). The van der Waals surface area contributed by atoms with Crippen LogP contribution in [0.1, 0.15) is 24.7 Å². The Morgan fingerprint density at radius 1 is 1.35 bits per heavy atom. The molecule has 1 aromatic carbocycles. The number of carbonyl (C=O) groups excluding carboxylic acids is 2. The van der Waals surface area contributed by atoms with Gasteiger partial charge in [0, 0.05) is 23.9 Å². The highest BCUT2D eigenvalue weighted by Gasteiger charge is 2.17. The molecule has 0 saturated heterocycles. The summed E-state index contributed by atoms with van der Waals surface area (Å²) in [6.07, 6.45) is 1.19. The highest BCUT2D eigenvalue weighted by molar-refractivity contribution is 5.96. The summed E-state index contributed by atoms with van der Waals surface area (Å²) in [5.74, 6) is 0.866. The van der Waals surface area contributed by atoms with Crippen LogP contribution in [0.15, 0.2) is 28.8 Å². The van der Waals surface area contributed by atoms with Crippen molar-refractivity contribution in [2.45, 2.75) is 32.7 Å². The average molecular weight is 314 g/mol. The van der Waals surface area contributed by atoms with E-state index in [1.165, 1.54) is 0 Å². The second-order valence-electron chi connectivity index (χ2n) is 5.60. The van der Waals surface area contributed by atoms with Crippen molar-refractivity contribution in [3.8, 4) is 0 Å². The minimum atomic E-state index is -0.441. The van der Waals surface area contributed by atoms with Crippen LogP contribution in [0.4, 0.5) is 17.2 Å². The van der Waals surface area contributed by atoms with Gasteiger partial charge in [-0.05, 0) is 44.0 Å². The lowest BCUT2D eigenvalue weighted by atomic mass is 10.0. The third kappa shape index (κ3) is 3.50. The largest absolute Gasteiger partial charge is 0.374 e. The third-order valence-corrected chi connectivity index (χ3v) is 3.66. The van der Waals surface area contributed by atoms with E-state index in [0.717, 1.165) is 16.9 Å². The zero-order valence-electron chi connectivity index (χ0n) is 13.0. The normalized spacial score (nSPS) is 14.6. The van der Waals surface area contributed by atoms with E-state index >= 15 is 0 Å². The van der Waals surface area contributed by atoms with Crippen LogP contribution in [0, 0.1) is 6.92 Å². The van der Waals surface area contributed by atoms with Crippen molar-refractivity contribution < 1.29 is 14.1 Å². The predicted molar refractivity (Wildman–Crippen MR) is 86.3 cm³/mol. The molecule has 0 fully saturated rings. The summed E-state index contributed by atoms with van der Waals surface area (Å²) in [7, 11) is 0. The van der Waals surface area contributed by atoms with Crippen LogP contribution < -0.4 is 16.0 Å². The molecule has 1 aliphatic rings. The molecule has 23 heavy (non-hydrogen) atoms. The van der Waals surface area contributed by atoms with E-state index in [-0.39, 0.29) is 11.8 Å². The Kier molecular flexibility index (Phi) is 4.01. The van der Waals surface area contributed by atoms with Crippen LogP contribution in [0.3, 0.4) is 0 Å². The maximum absolute atomic E-state index is 12.1. The van der Waals surface area contributed by atoms with E-state index in [2.05, 4.69) is 21.1 Å². The van der Waals surface area contributed by atoms with Crippen molar-refractivity contribution >= 4 is 29.0 Å². The number of rotatable bonds is 4.